The maximum absolute atomic E-state index is 11.4. The van der Waals surface area contributed by atoms with Crippen molar-refractivity contribution >= 4 is 5.91 Å². The third kappa shape index (κ3) is 1.96. The fourth-order valence-electron chi connectivity index (χ4n) is 1.96. The van der Waals surface area contributed by atoms with Crippen LogP contribution in [0.1, 0.15) is 17.9 Å². The van der Waals surface area contributed by atoms with E-state index in [0.29, 0.717) is 12.3 Å². The first-order chi connectivity index (χ1) is 7.20. The predicted octanol–water partition coefficient (Wildman–Crippen LogP) is 1.64. The molecule has 0 radical (unpaired) electrons. The van der Waals surface area contributed by atoms with Crippen LogP contribution in [0.5, 0.6) is 5.75 Å². The molecule has 1 aliphatic rings. The van der Waals surface area contributed by atoms with Gasteiger partial charge in [-0.15, -0.1) is 0 Å². The number of methoxy groups -OCH3 is 1. The van der Waals surface area contributed by atoms with Gasteiger partial charge in [0.25, 0.3) is 0 Å². The Balaban J connectivity index is 2.13. The molecule has 1 aliphatic heterocycles. The molecule has 3 nitrogen and oxygen atoms in total. The largest absolute Gasteiger partial charge is 0.497 e. The molecular weight excluding hydrogens is 190 g/mol. The van der Waals surface area contributed by atoms with E-state index in [1.807, 2.05) is 31.3 Å². The van der Waals surface area contributed by atoms with Crippen LogP contribution >= 0.6 is 0 Å². The van der Waals surface area contributed by atoms with E-state index in [4.69, 9.17) is 4.74 Å². The molecule has 1 aromatic carbocycles. The summed E-state index contributed by atoms with van der Waals surface area (Å²) in [6, 6.07) is 7.96. The number of benzene rings is 1. The van der Waals surface area contributed by atoms with Crippen LogP contribution in [0.2, 0.25) is 0 Å². The second-order valence-corrected chi connectivity index (χ2v) is 3.95. The van der Waals surface area contributed by atoms with Crippen molar-refractivity contribution < 1.29 is 9.53 Å². The van der Waals surface area contributed by atoms with Gasteiger partial charge in [-0.1, -0.05) is 12.1 Å². The van der Waals surface area contributed by atoms with E-state index in [2.05, 4.69) is 0 Å². The minimum Gasteiger partial charge on any atom is -0.497 e. The molecule has 15 heavy (non-hydrogen) atoms. The molecule has 0 aromatic heterocycles. The van der Waals surface area contributed by atoms with Crippen molar-refractivity contribution in [2.24, 2.45) is 0 Å². The summed E-state index contributed by atoms with van der Waals surface area (Å²) in [6.07, 6.45) is 0.628. The van der Waals surface area contributed by atoms with E-state index in [0.717, 1.165) is 12.3 Å². The van der Waals surface area contributed by atoms with Crippen molar-refractivity contribution in [3.05, 3.63) is 29.8 Å². The molecule has 0 bridgehead atoms. The Labute approximate surface area is 89.7 Å². The van der Waals surface area contributed by atoms with E-state index >= 15 is 0 Å². The zero-order valence-corrected chi connectivity index (χ0v) is 9.06. The van der Waals surface area contributed by atoms with Crippen LogP contribution < -0.4 is 4.74 Å². The lowest BCUT2D eigenvalue weighted by Gasteiger charge is -2.10. The molecule has 0 aliphatic carbocycles. The number of ether oxygens (including phenoxy) is 1. The minimum atomic E-state index is 0.232. The quantitative estimate of drug-likeness (QED) is 0.734. The van der Waals surface area contributed by atoms with E-state index in [-0.39, 0.29) is 5.91 Å². The van der Waals surface area contributed by atoms with Crippen molar-refractivity contribution in [3.8, 4) is 5.75 Å². The summed E-state index contributed by atoms with van der Waals surface area (Å²) < 4.78 is 5.10. The van der Waals surface area contributed by atoms with Gasteiger partial charge in [0, 0.05) is 25.9 Å². The Kier molecular flexibility index (Phi) is 2.62. The number of likely N-dealkylation sites (N-methyl/N-ethyl adjacent to an activating group) is 1. The fraction of sp³-hybridized carbons (Fsp3) is 0.417. The highest BCUT2D eigenvalue weighted by Crippen LogP contribution is 2.28. The van der Waals surface area contributed by atoms with Gasteiger partial charge in [-0.05, 0) is 17.7 Å². The van der Waals surface area contributed by atoms with Gasteiger partial charge in [0.15, 0.2) is 0 Å². The highest BCUT2D eigenvalue weighted by Gasteiger charge is 2.27. The van der Waals surface area contributed by atoms with E-state index in [1.165, 1.54) is 5.56 Å². The zero-order chi connectivity index (χ0) is 10.8. The smallest absolute Gasteiger partial charge is 0.223 e. The van der Waals surface area contributed by atoms with Gasteiger partial charge in [0.2, 0.25) is 5.91 Å². The van der Waals surface area contributed by atoms with Crippen molar-refractivity contribution in [2.45, 2.75) is 12.3 Å². The van der Waals surface area contributed by atoms with Gasteiger partial charge in [0.05, 0.1) is 7.11 Å². The lowest BCUT2D eigenvalue weighted by molar-refractivity contribution is -0.126. The third-order valence-corrected chi connectivity index (χ3v) is 2.93. The van der Waals surface area contributed by atoms with Gasteiger partial charge < -0.3 is 9.64 Å². The maximum atomic E-state index is 11.4. The Hall–Kier alpha value is -1.51. The molecule has 1 fully saturated rings. The summed E-state index contributed by atoms with van der Waals surface area (Å²) in [7, 11) is 3.51. The zero-order valence-electron chi connectivity index (χ0n) is 9.06. The Bertz CT molecular complexity index is 358. The summed E-state index contributed by atoms with van der Waals surface area (Å²) in [5.41, 5.74) is 1.22. The third-order valence-electron chi connectivity index (χ3n) is 2.93. The molecule has 1 amide bonds. The van der Waals surface area contributed by atoms with Gasteiger partial charge in [-0.2, -0.15) is 0 Å². The number of likely N-dealkylation sites (tertiary alicyclic amines) is 1. The molecule has 1 heterocycles. The molecule has 80 valence electrons. The van der Waals surface area contributed by atoms with Crippen molar-refractivity contribution in [2.75, 3.05) is 20.7 Å². The van der Waals surface area contributed by atoms with Crippen molar-refractivity contribution in [1.82, 2.24) is 4.90 Å². The molecule has 1 aromatic rings. The first kappa shape index (κ1) is 10.0. The number of nitrogens with zero attached hydrogens (tertiary/aromatic N) is 1. The van der Waals surface area contributed by atoms with Crippen LogP contribution in [0, 0.1) is 0 Å². The first-order valence-electron chi connectivity index (χ1n) is 5.08. The van der Waals surface area contributed by atoms with E-state index in [1.54, 1.807) is 12.0 Å². The molecule has 3 heteroatoms. The van der Waals surface area contributed by atoms with Gasteiger partial charge in [0.1, 0.15) is 5.75 Å². The minimum absolute atomic E-state index is 0.232. The summed E-state index contributed by atoms with van der Waals surface area (Å²) in [6.45, 7) is 0.825. The summed E-state index contributed by atoms with van der Waals surface area (Å²) in [4.78, 5) is 13.2. The summed E-state index contributed by atoms with van der Waals surface area (Å²) >= 11 is 0. The fourth-order valence-corrected chi connectivity index (χ4v) is 1.96. The SMILES string of the molecule is COc1ccc([C@H]2CC(=O)N(C)C2)cc1. The van der Waals surface area contributed by atoms with Gasteiger partial charge in [-0.25, -0.2) is 0 Å². The van der Waals surface area contributed by atoms with Crippen molar-refractivity contribution in [3.63, 3.8) is 0 Å². The molecule has 2 rings (SSSR count). The molecule has 1 atom stereocenters. The standard InChI is InChI=1S/C12H15NO2/c1-13-8-10(7-12(13)14)9-3-5-11(15-2)6-4-9/h3-6,10H,7-8H2,1-2H3/t10-/m0/s1. The average molecular weight is 205 g/mol. The monoisotopic (exact) mass is 205 g/mol. The second-order valence-electron chi connectivity index (χ2n) is 3.95. The van der Waals surface area contributed by atoms with E-state index in [9.17, 15) is 4.79 Å². The number of carbonyl (C=O) groups is 1. The molecule has 0 unspecified atom stereocenters. The van der Waals surface area contributed by atoms with Crippen molar-refractivity contribution in [1.29, 1.82) is 0 Å². The van der Waals surface area contributed by atoms with Crippen LogP contribution in [0.3, 0.4) is 0 Å². The van der Waals surface area contributed by atoms with Gasteiger partial charge >= 0.3 is 0 Å². The topological polar surface area (TPSA) is 29.5 Å². The van der Waals surface area contributed by atoms with Crippen LogP contribution in [0.4, 0.5) is 0 Å². The molecule has 0 spiro atoms. The second kappa shape index (κ2) is 3.93. The van der Waals surface area contributed by atoms with Crippen LogP contribution in [-0.2, 0) is 4.79 Å². The average Bonchev–Trinajstić information content (AvgIpc) is 2.59. The summed E-state index contributed by atoms with van der Waals surface area (Å²) in [5, 5.41) is 0. The number of carbonyl (C=O) groups excluding carboxylic acids is 1. The number of hydrogen-bond donors (Lipinski definition) is 0. The van der Waals surface area contributed by atoms with Crippen LogP contribution in [0.25, 0.3) is 0 Å². The van der Waals surface area contributed by atoms with Gasteiger partial charge in [-0.3, -0.25) is 4.79 Å². The van der Waals surface area contributed by atoms with E-state index < -0.39 is 0 Å². The number of rotatable bonds is 2. The maximum Gasteiger partial charge on any atom is 0.223 e. The highest BCUT2D eigenvalue weighted by atomic mass is 16.5. The molecular formula is C12H15NO2. The molecule has 1 saturated heterocycles. The lowest BCUT2D eigenvalue weighted by atomic mass is 9.98. The number of amides is 1. The number of hydrogen-bond acceptors (Lipinski definition) is 2. The van der Waals surface area contributed by atoms with Crippen LogP contribution in [0.15, 0.2) is 24.3 Å². The molecule has 0 saturated carbocycles. The normalized spacial score (nSPS) is 20.8. The molecule has 0 N–H and O–H groups in total. The van der Waals surface area contributed by atoms with Crippen LogP contribution in [-0.4, -0.2) is 31.5 Å². The Morgan fingerprint density at radius 3 is 2.47 bits per heavy atom. The highest BCUT2D eigenvalue weighted by molar-refractivity contribution is 5.79. The lowest BCUT2D eigenvalue weighted by Crippen LogP contribution is -2.18. The predicted molar refractivity (Wildman–Crippen MR) is 58.0 cm³/mol. The Morgan fingerprint density at radius 1 is 1.33 bits per heavy atom. The first-order valence-corrected chi connectivity index (χ1v) is 5.08. The summed E-state index contributed by atoms with van der Waals surface area (Å²) in [5.74, 6) is 1.43. The Morgan fingerprint density at radius 2 is 2.00 bits per heavy atom.